The molecule has 0 spiro atoms. The number of aromatic nitrogens is 3. The monoisotopic (exact) mass is 296 g/mol. The van der Waals surface area contributed by atoms with Gasteiger partial charge in [0.25, 0.3) is 0 Å². The highest BCUT2D eigenvalue weighted by Crippen LogP contribution is 2.12. The van der Waals surface area contributed by atoms with Crippen molar-refractivity contribution in [1.29, 1.82) is 0 Å². The van der Waals surface area contributed by atoms with E-state index in [1.807, 2.05) is 6.92 Å². The zero-order valence-corrected chi connectivity index (χ0v) is 13.8. The molecule has 0 aliphatic carbocycles. The number of hydrogen-bond donors (Lipinski definition) is 2. The molecule has 0 radical (unpaired) electrons. The minimum atomic E-state index is 0.246. The first-order valence-electron chi connectivity index (χ1n) is 7.68. The van der Waals surface area contributed by atoms with Crippen LogP contribution in [-0.4, -0.2) is 59.2 Å². The fourth-order valence-corrected chi connectivity index (χ4v) is 1.93. The van der Waals surface area contributed by atoms with Crippen molar-refractivity contribution in [3.8, 4) is 6.01 Å². The molecule has 1 aromatic heterocycles. The van der Waals surface area contributed by atoms with Crippen molar-refractivity contribution in [1.82, 2.24) is 19.9 Å². The molecule has 1 heterocycles. The van der Waals surface area contributed by atoms with Gasteiger partial charge in [-0.2, -0.15) is 15.0 Å². The van der Waals surface area contributed by atoms with E-state index in [2.05, 4.69) is 51.3 Å². The van der Waals surface area contributed by atoms with Crippen molar-refractivity contribution in [3.05, 3.63) is 0 Å². The minimum Gasteiger partial charge on any atom is -0.463 e. The zero-order chi connectivity index (χ0) is 15.7. The summed E-state index contributed by atoms with van der Waals surface area (Å²) in [6, 6.07) is 0.602. The summed E-state index contributed by atoms with van der Waals surface area (Å²) in [7, 11) is 1.78. The summed E-state index contributed by atoms with van der Waals surface area (Å²) in [5.41, 5.74) is 0. The molecule has 1 aromatic rings. The van der Waals surface area contributed by atoms with E-state index in [-0.39, 0.29) is 6.04 Å². The Morgan fingerprint density at radius 3 is 2.33 bits per heavy atom. The van der Waals surface area contributed by atoms with Gasteiger partial charge in [-0.25, -0.2) is 0 Å². The maximum atomic E-state index is 5.49. The van der Waals surface area contributed by atoms with Gasteiger partial charge in [0.1, 0.15) is 0 Å². The molecule has 1 atom stereocenters. The molecule has 2 N–H and O–H groups in total. The predicted octanol–water partition coefficient (Wildman–Crippen LogP) is 1.84. The van der Waals surface area contributed by atoms with Gasteiger partial charge in [0.15, 0.2) is 0 Å². The van der Waals surface area contributed by atoms with Crippen LogP contribution in [0.3, 0.4) is 0 Å². The topological polar surface area (TPSA) is 75.2 Å². The standard InChI is InChI=1S/C14H28N6O/c1-6-9-21-14-18-12(15-5)17-13(19-14)16-11(4)10-20(7-2)8-3/h11H,6-10H2,1-5H3,(H2,15,16,17,18,19). The second-order valence-electron chi connectivity index (χ2n) is 4.89. The van der Waals surface area contributed by atoms with Crippen LogP contribution in [0.2, 0.25) is 0 Å². The summed E-state index contributed by atoms with van der Waals surface area (Å²) in [5, 5.41) is 6.24. The molecule has 1 unspecified atom stereocenters. The van der Waals surface area contributed by atoms with Crippen LogP contribution < -0.4 is 15.4 Å². The van der Waals surface area contributed by atoms with Crippen molar-refractivity contribution in [2.75, 3.05) is 43.9 Å². The SMILES string of the molecule is CCCOc1nc(NC)nc(NC(C)CN(CC)CC)n1. The summed E-state index contributed by atoms with van der Waals surface area (Å²) in [6.07, 6.45) is 0.918. The highest BCUT2D eigenvalue weighted by molar-refractivity contribution is 5.36. The van der Waals surface area contributed by atoms with Crippen LogP contribution in [0.4, 0.5) is 11.9 Å². The van der Waals surface area contributed by atoms with Crippen molar-refractivity contribution >= 4 is 11.9 Å². The Labute approximate surface area is 127 Å². The Morgan fingerprint density at radius 1 is 1.10 bits per heavy atom. The highest BCUT2D eigenvalue weighted by Gasteiger charge is 2.11. The summed E-state index contributed by atoms with van der Waals surface area (Å²) < 4.78 is 5.49. The Hall–Kier alpha value is -1.63. The molecule has 0 bridgehead atoms. The maximum absolute atomic E-state index is 5.49. The molecular formula is C14H28N6O. The molecule has 0 saturated heterocycles. The van der Waals surface area contributed by atoms with Crippen molar-refractivity contribution in [2.24, 2.45) is 0 Å². The Balaban J connectivity index is 2.71. The lowest BCUT2D eigenvalue weighted by molar-refractivity contribution is 0.289. The van der Waals surface area contributed by atoms with E-state index in [1.54, 1.807) is 7.05 Å². The van der Waals surface area contributed by atoms with Crippen LogP contribution in [0.1, 0.15) is 34.1 Å². The number of anilines is 2. The van der Waals surface area contributed by atoms with Crippen LogP contribution in [0.25, 0.3) is 0 Å². The number of likely N-dealkylation sites (N-methyl/N-ethyl adjacent to an activating group) is 1. The third-order valence-corrected chi connectivity index (χ3v) is 3.08. The number of nitrogens with zero attached hydrogens (tertiary/aromatic N) is 4. The van der Waals surface area contributed by atoms with Crippen LogP contribution >= 0.6 is 0 Å². The van der Waals surface area contributed by atoms with Gasteiger partial charge >= 0.3 is 6.01 Å². The Morgan fingerprint density at radius 2 is 1.76 bits per heavy atom. The molecule has 21 heavy (non-hydrogen) atoms. The second kappa shape index (κ2) is 9.33. The lowest BCUT2D eigenvalue weighted by Crippen LogP contribution is -2.35. The molecule has 0 amide bonds. The van der Waals surface area contributed by atoms with Crippen LogP contribution in [-0.2, 0) is 0 Å². The number of rotatable bonds is 10. The van der Waals surface area contributed by atoms with Crippen molar-refractivity contribution in [3.63, 3.8) is 0 Å². The van der Waals surface area contributed by atoms with Gasteiger partial charge in [-0.05, 0) is 26.4 Å². The van der Waals surface area contributed by atoms with Gasteiger partial charge in [0.05, 0.1) is 6.61 Å². The third kappa shape index (κ3) is 6.12. The van der Waals surface area contributed by atoms with E-state index < -0.39 is 0 Å². The zero-order valence-electron chi connectivity index (χ0n) is 13.8. The number of ether oxygens (including phenoxy) is 1. The Bertz CT molecular complexity index is 410. The van der Waals surface area contributed by atoms with Crippen molar-refractivity contribution in [2.45, 2.75) is 40.2 Å². The fourth-order valence-electron chi connectivity index (χ4n) is 1.93. The largest absolute Gasteiger partial charge is 0.463 e. The van der Waals surface area contributed by atoms with E-state index in [0.717, 1.165) is 26.1 Å². The summed E-state index contributed by atoms with van der Waals surface area (Å²) in [6.45, 7) is 12.1. The fraction of sp³-hybridized carbons (Fsp3) is 0.786. The molecule has 7 nitrogen and oxygen atoms in total. The first kappa shape index (κ1) is 17.4. The van der Waals surface area contributed by atoms with E-state index in [0.29, 0.717) is 24.5 Å². The van der Waals surface area contributed by atoms with Crippen LogP contribution in [0.5, 0.6) is 6.01 Å². The van der Waals surface area contributed by atoms with Crippen LogP contribution in [0, 0.1) is 0 Å². The average Bonchev–Trinajstić information content (AvgIpc) is 2.50. The molecule has 0 saturated carbocycles. The summed E-state index contributed by atoms with van der Waals surface area (Å²) in [4.78, 5) is 15.2. The normalized spacial score (nSPS) is 12.3. The molecule has 1 rings (SSSR count). The smallest absolute Gasteiger partial charge is 0.323 e. The highest BCUT2D eigenvalue weighted by atomic mass is 16.5. The number of nitrogens with one attached hydrogen (secondary N) is 2. The van der Waals surface area contributed by atoms with E-state index >= 15 is 0 Å². The number of hydrogen-bond acceptors (Lipinski definition) is 7. The predicted molar refractivity (Wildman–Crippen MR) is 86.0 cm³/mol. The lowest BCUT2D eigenvalue weighted by atomic mass is 10.3. The molecule has 0 aromatic carbocycles. The van der Waals surface area contributed by atoms with Gasteiger partial charge in [-0.15, -0.1) is 0 Å². The molecular weight excluding hydrogens is 268 g/mol. The van der Waals surface area contributed by atoms with Gasteiger partial charge in [-0.3, -0.25) is 0 Å². The first-order chi connectivity index (χ1) is 10.1. The first-order valence-corrected chi connectivity index (χ1v) is 7.68. The summed E-state index contributed by atoms with van der Waals surface area (Å²) in [5.74, 6) is 1.05. The van der Waals surface area contributed by atoms with Crippen molar-refractivity contribution < 1.29 is 4.74 Å². The average molecular weight is 296 g/mol. The molecule has 7 heteroatoms. The molecule has 120 valence electrons. The van der Waals surface area contributed by atoms with Gasteiger partial charge in [0.2, 0.25) is 11.9 Å². The molecule has 0 fully saturated rings. The Kier molecular flexibility index (Phi) is 7.74. The van der Waals surface area contributed by atoms with Gasteiger partial charge in [0, 0.05) is 19.6 Å². The molecule has 0 aliphatic heterocycles. The molecule has 0 aliphatic rings. The van der Waals surface area contributed by atoms with Gasteiger partial charge in [-0.1, -0.05) is 20.8 Å². The summed E-state index contributed by atoms with van der Waals surface area (Å²) >= 11 is 0. The minimum absolute atomic E-state index is 0.246. The van der Waals surface area contributed by atoms with E-state index in [9.17, 15) is 0 Å². The van der Waals surface area contributed by atoms with Crippen LogP contribution in [0.15, 0.2) is 0 Å². The maximum Gasteiger partial charge on any atom is 0.323 e. The van der Waals surface area contributed by atoms with E-state index in [4.69, 9.17) is 4.74 Å². The second-order valence-corrected chi connectivity index (χ2v) is 4.89. The lowest BCUT2D eigenvalue weighted by Gasteiger charge is -2.23. The van der Waals surface area contributed by atoms with Gasteiger partial charge < -0.3 is 20.3 Å². The van der Waals surface area contributed by atoms with E-state index in [1.165, 1.54) is 0 Å². The quantitative estimate of drug-likeness (QED) is 0.682. The third-order valence-electron chi connectivity index (χ3n) is 3.08.